The van der Waals surface area contributed by atoms with Gasteiger partial charge in [0.2, 0.25) is 11.8 Å². The first-order valence-corrected chi connectivity index (χ1v) is 7.94. The monoisotopic (exact) mass is 322 g/mol. The summed E-state index contributed by atoms with van der Waals surface area (Å²) in [4.78, 5) is 26.6. The van der Waals surface area contributed by atoms with Crippen molar-refractivity contribution in [3.05, 3.63) is 17.0 Å². The molecular formula is C16H26N4O3. The number of nitrogens with zero attached hydrogens (tertiary/aromatic N) is 2. The average molecular weight is 322 g/mol. The molecule has 0 spiro atoms. The molecule has 0 saturated carbocycles. The van der Waals surface area contributed by atoms with Crippen molar-refractivity contribution in [2.24, 2.45) is 0 Å². The number of hydrogen-bond donors (Lipinski definition) is 2. The quantitative estimate of drug-likeness (QED) is 0.807. The van der Waals surface area contributed by atoms with Crippen molar-refractivity contribution in [2.45, 2.75) is 45.1 Å². The first-order valence-electron chi connectivity index (χ1n) is 7.94. The van der Waals surface area contributed by atoms with E-state index in [1.54, 1.807) is 14.2 Å². The molecule has 1 aromatic heterocycles. The third kappa shape index (κ3) is 3.55. The fourth-order valence-electron chi connectivity index (χ4n) is 3.45. The number of hydrogen-bond acceptors (Lipinski definition) is 4. The van der Waals surface area contributed by atoms with Gasteiger partial charge >= 0.3 is 0 Å². The van der Waals surface area contributed by atoms with Gasteiger partial charge in [0.05, 0.1) is 30.7 Å². The van der Waals surface area contributed by atoms with Crippen LogP contribution in [-0.4, -0.2) is 59.8 Å². The number of H-pyrrole nitrogens is 1. The molecule has 1 atom stereocenters. The van der Waals surface area contributed by atoms with Crippen molar-refractivity contribution in [3.8, 4) is 0 Å². The summed E-state index contributed by atoms with van der Waals surface area (Å²) in [5.74, 6) is -0.0477. The summed E-state index contributed by atoms with van der Waals surface area (Å²) in [6.07, 6.45) is 2.23. The number of nitrogens with one attached hydrogen (secondary N) is 2. The number of aromatic amines is 1. The van der Waals surface area contributed by atoms with Crippen LogP contribution in [0.15, 0.2) is 0 Å². The lowest BCUT2D eigenvalue weighted by molar-refractivity contribution is -0.139. The van der Waals surface area contributed by atoms with Crippen LogP contribution in [0.5, 0.6) is 0 Å². The number of ether oxygens (including phenoxy) is 1. The number of aromatic nitrogens is 2. The Hall–Kier alpha value is -1.89. The van der Waals surface area contributed by atoms with E-state index >= 15 is 0 Å². The number of methoxy groups -OCH3 is 1. The number of carbonyl (C=O) groups is 2. The Morgan fingerprint density at radius 1 is 1.43 bits per heavy atom. The molecule has 7 nitrogen and oxygen atoms in total. The smallest absolute Gasteiger partial charge is 0.227 e. The van der Waals surface area contributed by atoms with Crippen LogP contribution in [0.1, 0.15) is 36.2 Å². The van der Waals surface area contributed by atoms with E-state index in [9.17, 15) is 9.59 Å². The van der Waals surface area contributed by atoms with Crippen LogP contribution in [0.3, 0.4) is 0 Å². The third-order valence-corrected chi connectivity index (χ3v) is 4.69. The lowest BCUT2D eigenvalue weighted by Crippen LogP contribution is -2.53. The van der Waals surface area contributed by atoms with Gasteiger partial charge in [-0.1, -0.05) is 0 Å². The summed E-state index contributed by atoms with van der Waals surface area (Å²) in [5, 5.41) is 9.71. The minimum Gasteiger partial charge on any atom is -0.382 e. The van der Waals surface area contributed by atoms with Crippen molar-refractivity contribution in [3.63, 3.8) is 0 Å². The zero-order valence-electron chi connectivity index (χ0n) is 14.4. The van der Waals surface area contributed by atoms with Crippen molar-refractivity contribution in [1.29, 1.82) is 0 Å². The van der Waals surface area contributed by atoms with Gasteiger partial charge in [-0.2, -0.15) is 5.10 Å². The largest absolute Gasteiger partial charge is 0.382 e. The number of amides is 2. The highest BCUT2D eigenvalue weighted by molar-refractivity contribution is 5.83. The van der Waals surface area contributed by atoms with Gasteiger partial charge in [0.15, 0.2) is 0 Å². The highest BCUT2D eigenvalue weighted by Crippen LogP contribution is 2.33. The molecule has 1 aliphatic rings. The SMILES string of the molecule is CNC(=O)C[C@@]1(COC)CCCN1C(=O)Cc1c(C)n[nH]c1C. The number of likely N-dealkylation sites (tertiary alicyclic amines) is 1. The van der Waals surface area contributed by atoms with Crippen LogP contribution in [0.25, 0.3) is 0 Å². The first-order chi connectivity index (χ1) is 10.9. The molecular weight excluding hydrogens is 296 g/mol. The highest BCUT2D eigenvalue weighted by atomic mass is 16.5. The molecule has 23 heavy (non-hydrogen) atoms. The molecule has 2 heterocycles. The topological polar surface area (TPSA) is 87.3 Å². The van der Waals surface area contributed by atoms with Crippen molar-refractivity contribution < 1.29 is 14.3 Å². The Morgan fingerprint density at radius 3 is 2.74 bits per heavy atom. The van der Waals surface area contributed by atoms with E-state index in [-0.39, 0.29) is 18.2 Å². The minimum absolute atomic E-state index is 0.0241. The van der Waals surface area contributed by atoms with E-state index in [1.165, 1.54) is 0 Å². The Kier molecular flexibility index (Phi) is 5.41. The van der Waals surface area contributed by atoms with Gasteiger partial charge in [0.25, 0.3) is 0 Å². The van der Waals surface area contributed by atoms with Crippen LogP contribution >= 0.6 is 0 Å². The second-order valence-electron chi connectivity index (χ2n) is 6.25. The van der Waals surface area contributed by atoms with Gasteiger partial charge in [-0.15, -0.1) is 0 Å². The van der Waals surface area contributed by atoms with Gasteiger partial charge in [-0.3, -0.25) is 14.7 Å². The summed E-state index contributed by atoms with van der Waals surface area (Å²) in [6, 6.07) is 0. The average Bonchev–Trinajstić information content (AvgIpc) is 3.06. The summed E-state index contributed by atoms with van der Waals surface area (Å²) in [5.41, 5.74) is 2.16. The predicted molar refractivity (Wildman–Crippen MR) is 86.0 cm³/mol. The van der Waals surface area contributed by atoms with Crippen molar-refractivity contribution in [1.82, 2.24) is 20.4 Å². The molecule has 0 aliphatic carbocycles. The Labute approximate surface area is 136 Å². The third-order valence-electron chi connectivity index (χ3n) is 4.69. The van der Waals surface area contributed by atoms with Crippen LogP contribution in [0, 0.1) is 13.8 Å². The molecule has 0 aromatic carbocycles. The number of rotatable bonds is 6. The van der Waals surface area contributed by atoms with E-state index < -0.39 is 5.54 Å². The first kappa shape index (κ1) is 17.5. The summed E-state index contributed by atoms with van der Waals surface area (Å²) in [6.45, 7) is 4.84. The molecule has 1 fully saturated rings. The summed E-state index contributed by atoms with van der Waals surface area (Å²) < 4.78 is 5.35. The van der Waals surface area contributed by atoms with Crippen LogP contribution in [0.4, 0.5) is 0 Å². The maximum atomic E-state index is 12.9. The van der Waals surface area contributed by atoms with Gasteiger partial charge < -0.3 is 15.0 Å². The standard InChI is InChI=1S/C16H26N4O3/c1-11-13(12(2)19-18-11)8-15(22)20-7-5-6-16(20,10-23-4)9-14(21)17-3/h5-10H2,1-4H3,(H,17,21)(H,18,19)/t16-/m1/s1. The minimum atomic E-state index is -0.544. The number of carbonyl (C=O) groups excluding carboxylic acids is 2. The molecule has 128 valence electrons. The maximum Gasteiger partial charge on any atom is 0.227 e. The van der Waals surface area contributed by atoms with Gasteiger partial charge in [-0.05, 0) is 26.7 Å². The molecule has 0 radical (unpaired) electrons. The molecule has 0 bridgehead atoms. The van der Waals surface area contributed by atoms with E-state index in [0.717, 1.165) is 29.8 Å². The Morgan fingerprint density at radius 2 is 2.17 bits per heavy atom. The normalized spacial score (nSPS) is 20.8. The second kappa shape index (κ2) is 7.12. The molecule has 1 saturated heterocycles. The number of aryl methyl sites for hydroxylation is 2. The zero-order chi connectivity index (χ0) is 17.0. The van der Waals surface area contributed by atoms with Crippen molar-refractivity contribution in [2.75, 3.05) is 27.3 Å². The lowest BCUT2D eigenvalue weighted by atomic mass is 9.91. The second-order valence-corrected chi connectivity index (χ2v) is 6.25. The van der Waals surface area contributed by atoms with Crippen molar-refractivity contribution >= 4 is 11.8 Å². The Bertz CT molecular complexity index is 564. The van der Waals surface area contributed by atoms with E-state index in [2.05, 4.69) is 15.5 Å². The summed E-state index contributed by atoms with van der Waals surface area (Å²) in [7, 11) is 3.22. The molecule has 2 N–H and O–H groups in total. The van der Waals surface area contributed by atoms with E-state index in [4.69, 9.17) is 4.74 Å². The van der Waals surface area contributed by atoms with Gasteiger partial charge in [-0.25, -0.2) is 0 Å². The molecule has 2 amide bonds. The summed E-state index contributed by atoms with van der Waals surface area (Å²) >= 11 is 0. The molecule has 0 unspecified atom stereocenters. The van der Waals surface area contributed by atoms with Gasteiger partial charge in [0.1, 0.15) is 0 Å². The molecule has 7 heteroatoms. The molecule has 1 aliphatic heterocycles. The zero-order valence-corrected chi connectivity index (χ0v) is 14.4. The predicted octanol–water partition coefficient (Wildman–Crippen LogP) is 0.713. The van der Waals surface area contributed by atoms with Crippen LogP contribution in [-0.2, 0) is 20.7 Å². The maximum absolute atomic E-state index is 12.9. The van der Waals surface area contributed by atoms with E-state index in [1.807, 2.05) is 18.7 Å². The van der Waals surface area contributed by atoms with Gasteiger partial charge in [0, 0.05) is 32.0 Å². The molecule has 2 rings (SSSR count). The lowest BCUT2D eigenvalue weighted by Gasteiger charge is -2.37. The van der Waals surface area contributed by atoms with E-state index in [0.29, 0.717) is 19.6 Å². The van der Waals surface area contributed by atoms with Crippen LogP contribution in [0.2, 0.25) is 0 Å². The Balaban J connectivity index is 2.20. The highest BCUT2D eigenvalue weighted by Gasteiger charge is 2.45. The molecule has 1 aromatic rings. The fraction of sp³-hybridized carbons (Fsp3) is 0.688. The fourth-order valence-corrected chi connectivity index (χ4v) is 3.45. The van der Waals surface area contributed by atoms with Crippen LogP contribution < -0.4 is 5.32 Å².